The third-order valence-electron chi connectivity index (χ3n) is 3.01. The van der Waals surface area contributed by atoms with Gasteiger partial charge in [0.25, 0.3) is 0 Å². The first-order valence-electron chi connectivity index (χ1n) is 6.10. The van der Waals surface area contributed by atoms with Gasteiger partial charge in [-0.3, -0.25) is 0 Å². The molecule has 3 rings (SSSR count). The van der Waals surface area contributed by atoms with E-state index in [-0.39, 0.29) is 0 Å². The van der Waals surface area contributed by atoms with Gasteiger partial charge in [-0.15, -0.1) is 0 Å². The van der Waals surface area contributed by atoms with E-state index < -0.39 is 0 Å². The van der Waals surface area contributed by atoms with Crippen molar-refractivity contribution in [1.82, 2.24) is 10.1 Å². The number of benzene rings is 1. The van der Waals surface area contributed by atoms with Crippen LogP contribution in [-0.2, 0) is 6.42 Å². The van der Waals surface area contributed by atoms with Crippen LogP contribution in [0.4, 0.5) is 5.69 Å². The number of aromatic nitrogens is 2. The van der Waals surface area contributed by atoms with Gasteiger partial charge in [-0.25, -0.2) is 0 Å². The fourth-order valence-corrected chi connectivity index (χ4v) is 3.33. The summed E-state index contributed by atoms with van der Waals surface area (Å²) in [5.41, 5.74) is 7.61. The molecule has 1 aromatic carbocycles. The Balaban J connectivity index is 1.73. The molecule has 2 N–H and O–H groups in total. The van der Waals surface area contributed by atoms with E-state index in [1.165, 1.54) is 12.2 Å². The molecule has 0 bridgehead atoms. The molecule has 1 atom stereocenters. The zero-order valence-corrected chi connectivity index (χ0v) is 10.8. The maximum absolute atomic E-state index is 5.75. The van der Waals surface area contributed by atoms with Gasteiger partial charge in [-0.2, -0.15) is 16.7 Å². The standard InChI is InChI=1S/C13H15N3OS/c14-10-4-1-3-9(7-10)8-12-15-13(16-17-12)11-5-2-6-18-11/h1,3-4,7,11H,2,5-6,8,14H2. The highest BCUT2D eigenvalue weighted by atomic mass is 32.2. The van der Waals surface area contributed by atoms with Crippen LogP contribution in [0, 0.1) is 0 Å². The van der Waals surface area contributed by atoms with Crippen LogP contribution < -0.4 is 5.73 Å². The lowest BCUT2D eigenvalue weighted by atomic mass is 10.1. The van der Waals surface area contributed by atoms with Gasteiger partial charge in [-0.1, -0.05) is 17.3 Å². The van der Waals surface area contributed by atoms with Gasteiger partial charge in [0.1, 0.15) is 0 Å². The third-order valence-corrected chi connectivity index (χ3v) is 4.38. The highest BCUT2D eigenvalue weighted by molar-refractivity contribution is 7.99. The summed E-state index contributed by atoms with van der Waals surface area (Å²) in [6, 6.07) is 7.77. The van der Waals surface area contributed by atoms with Gasteiger partial charge in [0.2, 0.25) is 5.89 Å². The summed E-state index contributed by atoms with van der Waals surface area (Å²) >= 11 is 1.91. The van der Waals surface area contributed by atoms with E-state index in [2.05, 4.69) is 10.1 Å². The SMILES string of the molecule is Nc1cccc(Cc2nc(C3CCCS3)no2)c1. The van der Waals surface area contributed by atoms with Gasteiger partial charge in [0.05, 0.1) is 11.7 Å². The molecule has 0 radical (unpaired) electrons. The fraction of sp³-hybridized carbons (Fsp3) is 0.385. The lowest BCUT2D eigenvalue weighted by molar-refractivity contribution is 0.379. The Labute approximate surface area is 110 Å². The Kier molecular flexibility index (Phi) is 3.23. The Morgan fingerprint density at radius 1 is 1.44 bits per heavy atom. The van der Waals surface area contributed by atoms with E-state index in [1.807, 2.05) is 36.0 Å². The fourth-order valence-electron chi connectivity index (χ4n) is 2.13. The maximum atomic E-state index is 5.75. The number of nitrogens with zero attached hydrogens (tertiary/aromatic N) is 2. The molecule has 0 aliphatic carbocycles. The van der Waals surface area contributed by atoms with Crippen LogP contribution in [0.5, 0.6) is 0 Å². The number of nitrogens with two attached hydrogens (primary N) is 1. The van der Waals surface area contributed by atoms with Crippen LogP contribution in [-0.4, -0.2) is 15.9 Å². The maximum Gasteiger partial charge on any atom is 0.231 e. The summed E-state index contributed by atoms with van der Waals surface area (Å²) in [5.74, 6) is 2.71. The van der Waals surface area contributed by atoms with Crippen LogP contribution in [0.3, 0.4) is 0 Å². The molecule has 18 heavy (non-hydrogen) atoms. The van der Waals surface area contributed by atoms with Gasteiger partial charge < -0.3 is 10.3 Å². The van der Waals surface area contributed by atoms with Crippen LogP contribution >= 0.6 is 11.8 Å². The van der Waals surface area contributed by atoms with Crippen LogP contribution in [0.1, 0.15) is 35.4 Å². The van der Waals surface area contributed by atoms with E-state index in [9.17, 15) is 0 Å². The zero-order chi connectivity index (χ0) is 12.4. The number of anilines is 1. The Morgan fingerprint density at radius 2 is 2.39 bits per heavy atom. The highest BCUT2D eigenvalue weighted by Crippen LogP contribution is 2.38. The molecule has 1 aliphatic rings. The average molecular weight is 261 g/mol. The summed E-state index contributed by atoms with van der Waals surface area (Å²) in [4.78, 5) is 4.48. The minimum Gasteiger partial charge on any atom is -0.399 e. The predicted octanol–water partition coefficient (Wildman–Crippen LogP) is 2.81. The molecule has 1 unspecified atom stereocenters. The first kappa shape index (κ1) is 11.6. The molecular weight excluding hydrogens is 246 g/mol. The van der Waals surface area contributed by atoms with Crippen molar-refractivity contribution in [3.8, 4) is 0 Å². The number of hydrogen-bond acceptors (Lipinski definition) is 5. The molecule has 5 heteroatoms. The quantitative estimate of drug-likeness (QED) is 0.861. The van der Waals surface area contributed by atoms with E-state index in [0.29, 0.717) is 17.6 Å². The van der Waals surface area contributed by atoms with Crippen molar-refractivity contribution in [2.45, 2.75) is 24.5 Å². The number of rotatable bonds is 3. The molecule has 1 aromatic heterocycles. The normalized spacial score (nSPS) is 19.2. The molecular formula is C13H15N3OS. The molecule has 2 heterocycles. The van der Waals surface area contributed by atoms with Crippen molar-refractivity contribution < 1.29 is 4.52 Å². The number of thioether (sulfide) groups is 1. The third kappa shape index (κ3) is 2.51. The second-order valence-electron chi connectivity index (χ2n) is 4.47. The first-order chi connectivity index (χ1) is 8.81. The minimum atomic E-state index is 0.420. The van der Waals surface area contributed by atoms with Gasteiger partial charge in [0, 0.05) is 5.69 Å². The summed E-state index contributed by atoms with van der Waals surface area (Å²) in [7, 11) is 0. The van der Waals surface area contributed by atoms with Crippen molar-refractivity contribution in [1.29, 1.82) is 0 Å². The summed E-state index contributed by atoms with van der Waals surface area (Å²) in [5, 5.41) is 4.50. The zero-order valence-electron chi connectivity index (χ0n) is 10.0. The van der Waals surface area contributed by atoms with E-state index in [1.54, 1.807) is 0 Å². The van der Waals surface area contributed by atoms with E-state index in [4.69, 9.17) is 10.3 Å². The first-order valence-corrected chi connectivity index (χ1v) is 7.14. The Bertz CT molecular complexity index is 535. The van der Waals surface area contributed by atoms with Crippen molar-refractivity contribution in [3.05, 3.63) is 41.5 Å². The Morgan fingerprint density at radius 3 is 3.17 bits per heavy atom. The van der Waals surface area contributed by atoms with Crippen LogP contribution in [0.25, 0.3) is 0 Å². The molecule has 0 amide bonds. The number of nitrogen functional groups attached to an aromatic ring is 1. The van der Waals surface area contributed by atoms with Crippen LogP contribution in [0.2, 0.25) is 0 Å². The number of hydrogen-bond donors (Lipinski definition) is 1. The Hall–Kier alpha value is -1.49. The summed E-state index contributed by atoms with van der Waals surface area (Å²) in [6.07, 6.45) is 3.05. The van der Waals surface area contributed by atoms with Crippen molar-refractivity contribution in [2.24, 2.45) is 0 Å². The second kappa shape index (κ2) is 5.02. The molecule has 0 spiro atoms. The average Bonchev–Trinajstić information content (AvgIpc) is 2.98. The molecule has 94 valence electrons. The largest absolute Gasteiger partial charge is 0.399 e. The predicted molar refractivity (Wildman–Crippen MR) is 72.4 cm³/mol. The molecule has 1 aliphatic heterocycles. The molecule has 4 nitrogen and oxygen atoms in total. The molecule has 1 saturated heterocycles. The molecule has 1 fully saturated rings. The monoisotopic (exact) mass is 261 g/mol. The van der Waals surface area contributed by atoms with E-state index in [0.717, 1.165) is 23.5 Å². The second-order valence-corrected chi connectivity index (χ2v) is 5.78. The summed E-state index contributed by atoms with van der Waals surface area (Å²) < 4.78 is 5.31. The summed E-state index contributed by atoms with van der Waals surface area (Å²) in [6.45, 7) is 0. The van der Waals surface area contributed by atoms with Crippen molar-refractivity contribution in [2.75, 3.05) is 11.5 Å². The van der Waals surface area contributed by atoms with Gasteiger partial charge >= 0.3 is 0 Å². The van der Waals surface area contributed by atoms with Crippen LogP contribution in [0.15, 0.2) is 28.8 Å². The van der Waals surface area contributed by atoms with Crippen molar-refractivity contribution in [3.63, 3.8) is 0 Å². The highest BCUT2D eigenvalue weighted by Gasteiger charge is 2.22. The smallest absolute Gasteiger partial charge is 0.231 e. The topological polar surface area (TPSA) is 64.9 Å². The van der Waals surface area contributed by atoms with Gasteiger partial charge in [0.15, 0.2) is 5.82 Å². The van der Waals surface area contributed by atoms with Gasteiger partial charge in [-0.05, 0) is 36.3 Å². The lowest BCUT2D eigenvalue weighted by Crippen LogP contribution is -1.94. The minimum absolute atomic E-state index is 0.420. The van der Waals surface area contributed by atoms with Crippen molar-refractivity contribution >= 4 is 17.4 Å². The molecule has 0 saturated carbocycles. The molecule has 2 aromatic rings. The lowest BCUT2D eigenvalue weighted by Gasteiger charge is -1.99. The van der Waals surface area contributed by atoms with E-state index >= 15 is 0 Å².